The minimum Gasteiger partial charge on any atom is -0.313 e. The molecule has 1 aromatic heterocycles. The summed E-state index contributed by atoms with van der Waals surface area (Å²) in [4.78, 5) is 16.1. The molecule has 0 saturated heterocycles. The summed E-state index contributed by atoms with van der Waals surface area (Å²) in [5.74, 6) is 0. The van der Waals surface area contributed by atoms with Gasteiger partial charge < -0.3 is 4.98 Å². The van der Waals surface area contributed by atoms with Crippen molar-refractivity contribution in [3.05, 3.63) is 28.9 Å². The van der Waals surface area contributed by atoms with Crippen LogP contribution in [0.1, 0.15) is 0 Å². The Balaban J connectivity index is 0. The molecule has 1 N–H and O–H groups in total. The van der Waals surface area contributed by atoms with Crippen LogP contribution in [0.15, 0.2) is 23.4 Å². The topological polar surface area (TPSA) is 45.8 Å². The second-order valence-corrected chi connectivity index (χ2v) is 1.10. The maximum atomic E-state index is 10.2. The van der Waals surface area contributed by atoms with E-state index in [4.69, 9.17) is 0 Å². The van der Waals surface area contributed by atoms with Gasteiger partial charge in [-0.3, -0.25) is 4.79 Å². The van der Waals surface area contributed by atoms with E-state index in [1.165, 1.54) is 18.6 Å². The summed E-state index contributed by atoms with van der Waals surface area (Å²) in [7, 11) is 0. The van der Waals surface area contributed by atoms with Gasteiger partial charge in [-0.15, -0.1) is 34.0 Å². The first-order valence-corrected chi connectivity index (χ1v) is 1.88. The lowest BCUT2D eigenvalue weighted by Gasteiger charge is -1.73. The van der Waals surface area contributed by atoms with E-state index < -0.39 is 0 Å². The smallest absolute Gasteiger partial charge is 0.250 e. The second-order valence-electron chi connectivity index (χ2n) is 1.10. The molecule has 0 aliphatic heterocycles. The van der Waals surface area contributed by atoms with E-state index >= 15 is 0 Å². The van der Waals surface area contributed by atoms with E-state index in [-0.39, 0.29) is 39.5 Å². The third-order valence-corrected chi connectivity index (χ3v) is 0.593. The second kappa shape index (κ2) is 5.97. The predicted molar refractivity (Wildman–Crippen MR) is 45.5 cm³/mol. The van der Waals surface area contributed by atoms with Gasteiger partial charge in [-0.1, -0.05) is 0 Å². The Morgan fingerprint density at radius 3 is 2.33 bits per heavy atom. The molecule has 0 amide bonds. The highest BCUT2D eigenvalue weighted by Crippen LogP contribution is 1.57. The number of hydrogen-bond acceptors (Lipinski definition) is 2. The maximum Gasteiger partial charge on any atom is 0.250 e. The Morgan fingerprint density at radius 2 is 2.11 bits per heavy atom. The van der Waals surface area contributed by atoms with Gasteiger partial charge in [0, 0.05) is 12.3 Å². The summed E-state index contributed by atoms with van der Waals surface area (Å²) >= 11 is 0. The van der Waals surface area contributed by atoms with Gasteiger partial charge in [0.15, 0.2) is 0 Å². The number of H-pyrrole nitrogens is 1. The van der Waals surface area contributed by atoms with Gasteiger partial charge in [-0.2, -0.15) is 0 Å². The molecule has 0 bridgehead atoms. The third-order valence-electron chi connectivity index (χ3n) is 0.593. The summed E-state index contributed by atoms with van der Waals surface area (Å²) in [6.45, 7) is 0. The molecule has 0 spiro atoms. The van der Waals surface area contributed by atoms with Gasteiger partial charge in [0.05, 0.1) is 6.33 Å². The third kappa shape index (κ3) is 4.35. The van der Waals surface area contributed by atoms with E-state index in [2.05, 4.69) is 9.97 Å². The van der Waals surface area contributed by atoms with Crippen molar-refractivity contribution in [1.82, 2.24) is 9.97 Å². The van der Waals surface area contributed by atoms with Gasteiger partial charge in [-0.05, 0) is 0 Å². The number of nitrogens with zero attached hydrogens (tertiary/aromatic N) is 1. The molecule has 0 saturated carbocycles. The lowest BCUT2D eigenvalue weighted by Crippen LogP contribution is -2.00. The zero-order chi connectivity index (χ0) is 5.11. The molecule has 0 unspecified atom stereocenters. The SMILES string of the molecule is Br.Br.O=c1ccnc[nH]1. The van der Waals surface area contributed by atoms with Crippen molar-refractivity contribution in [2.24, 2.45) is 0 Å². The van der Waals surface area contributed by atoms with Crippen molar-refractivity contribution >= 4 is 34.0 Å². The summed E-state index contributed by atoms with van der Waals surface area (Å²) in [6.07, 6.45) is 2.79. The molecule has 0 atom stereocenters. The summed E-state index contributed by atoms with van der Waals surface area (Å²) < 4.78 is 0. The number of aromatic nitrogens is 2. The largest absolute Gasteiger partial charge is 0.313 e. The summed E-state index contributed by atoms with van der Waals surface area (Å²) in [6, 6.07) is 1.36. The fraction of sp³-hybridized carbons (Fsp3) is 0. The van der Waals surface area contributed by atoms with Crippen LogP contribution < -0.4 is 5.56 Å². The first-order valence-electron chi connectivity index (χ1n) is 1.88. The molecule has 1 aromatic rings. The van der Waals surface area contributed by atoms with Gasteiger partial charge in [0.25, 0.3) is 5.56 Å². The van der Waals surface area contributed by atoms with Crippen molar-refractivity contribution in [2.45, 2.75) is 0 Å². The number of nitrogens with one attached hydrogen (secondary N) is 1. The molecule has 3 nitrogen and oxygen atoms in total. The summed E-state index contributed by atoms with van der Waals surface area (Å²) in [5.41, 5.74) is -0.116. The van der Waals surface area contributed by atoms with E-state index in [1.807, 2.05) is 0 Å². The Kier molecular flexibility index (Phi) is 7.70. The van der Waals surface area contributed by atoms with Gasteiger partial charge in [-0.25, -0.2) is 4.98 Å². The molecule has 0 fully saturated rings. The number of rotatable bonds is 0. The molecule has 52 valence electrons. The van der Waals surface area contributed by atoms with Crippen molar-refractivity contribution in [2.75, 3.05) is 0 Å². The van der Waals surface area contributed by atoms with Crippen LogP contribution >= 0.6 is 34.0 Å². The molecule has 9 heavy (non-hydrogen) atoms. The highest BCUT2D eigenvalue weighted by molar-refractivity contribution is 8.93. The zero-order valence-corrected chi connectivity index (χ0v) is 7.83. The van der Waals surface area contributed by atoms with Crippen molar-refractivity contribution in [3.63, 3.8) is 0 Å². The molecule has 0 aromatic carbocycles. The highest BCUT2D eigenvalue weighted by atomic mass is 79.9. The van der Waals surface area contributed by atoms with Gasteiger partial charge in [0.1, 0.15) is 0 Å². The van der Waals surface area contributed by atoms with Crippen molar-refractivity contribution < 1.29 is 0 Å². The lowest BCUT2D eigenvalue weighted by molar-refractivity contribution is 1.12. The fourth-order valence-corrected chi connectivity index (χ4v) is 0.303. The lowest BCUT2D eigenvalue weighted by atomic mass is 10.7. The normalized spacial score (nSPS) is 6.67. The average Bonchev–Trinajstić information content (AvgIpc) is 1.69. The molecule has 0 radical (unpaired) electrons. The number of halogens is 2. The zero-order valence-electron chi connectivity index (χ0n) is 4.40. The monoisotopic (exact) mass is 256 g/mol. The van der Waals surface area contributed by atoms with Crippen molar-refractivity contribution in [1.29, 1.82) is 0 Å². The Bertz CT molecular complexity index is 182. The molecule has 1 heterocycles. The molecular weight excluding hydrogens is 252 g/mol. The molecule has 1 rings (SSSR count). The van der Waals surface area contributed by atoms with E-state index in [0.29, 0.717) is 0 Å². The standard InChI is InChI=1S/C4H4N2O.2BrH/c7-4-1-2-5-3-6-4;;/h1-3H,(H,5,6,7);2*1H. The Labute approximate surface area is 73.1 Å². The van der Waals surface area contributed by atoms with Crippen LogP contribution in [0.2, 0.25) is 0 Å². The number of hydrogen-bond donors (Lipinski definition) is 1. The summed E-state index contributed by atoms with van der Waals surface area (Å²) in [5, 5.41) is 0. The first kappa shape index (κ1) is 11.6. The average molecular weight is 258 g/mol. The van der Waals surface area contributed by atoms with Crippen LogP contribution in [-0.2, 0) is 0 Å². The van der Waals surface area contributed by atoms with Crippen LogP contribution in [-0.4, -0.2) is 9.97 Å². The number of aromatic amines is 1. The predicted octanol–water partition coefficient (Wildman–Crippen LogP) is 0.926. The van der Waals surface area contributed by atoms with Gasteiger partial charge in [0.2, 0.25) is 0 Å². The molecule has 5 heteroatoms. The molecule has 0 aliphatic carbocycles. The van der Waals surface area contributed by atoms with Crippen LogP contribution in [0.3, 0.4) is 0 Å². The minimum absolute atomic E-state index is 0. The van der Waals surface area contributed by atoms with E-state index in [0.717, 1.165) is 0 Å². The Hall–Kier alpha value is -0.160. The fourth-order valence-electron chi connectivity index (χ4n) is 0.303. The van der Waals surface area contributed by atoms with Crippen LogP contribution in [0.5, 0.6) is 0 Å². The van der Waals surface area contributed by atoms with E-state index in [1.54, 1.807) is 0 Å². The van der Waals surface area contributed by atoms with Crippen molar-refractivity contribution in [3.8, 4) is 0 Å². The van der Waals surface area contributed by atoms with Crippen LogP contribution in [0, 0.1) is 0 Å². The minimum atomic E-state index is -0.116. The van der Waals surface area contributed by atoms with Gasteiger partial charge >= 0.3 is 0 Å². The molecular formula is C4H6Br2N2O. The maximum absolute atomic E-state index is 10.2. The quantitative estimate of drug-likeness (QED) is 0.752. The Morgan fingerprint density at radius 1 is 1.44 bits per heavy atom. The van der Waals surface area contributed by atoms with Crippen LogP contribution in [0.25, 0.3) is 0 Å². The van der Waals surface area contributed by atoms with E-state index in [9.17, 15) is 4.79 Å². The van der Waals surface area contributed by atoms with Crippen LogP contribution in [0.4, 0.5) is 0 Å². The highest BCUT2D eigenvalue weighted by Gasteiger charge is 1.70. The molecule has 0 aliphatic rings. The first-order chi connectivity index (χ1) is 3.39.